The molecule has 0 aromatic heterocycles. The van der Waals surface area contributed by atoms with Gasteiger partial charge in [0.25, 0.3) is 0 Å². The molecule has 0 amide bonds. The summed E-state index contributed by atoms with van der Waals surface area (Å²) in [6.45, 7) is 12.4. The van der Waals surface area contributed by atoms with Crippen LogP contribution in [0.1, 0.15) is 33.1 Å². The standard InChI is InChI=1S/C12H21N/c1-6-10(4)11(7-2)9-12(11,8-3)13-5/h6,13H,1,4,7-9H2,2-3,5H3. The Hall–Kier alpha value is -0.560. The van der Waals surface area contributed by atoms with Crippen molar-refractivity contribution in [3.05, 3.63) is 24.8 Å². The molecule has 2 unspecified atom stereocenters. The molecule has 0 spiro atoms. The monoisotopic (exact) mass is 179 g/mol. The molecule has 0 aromatic rings. The van der Waals surface area contributed by atoms with Crippen LogP contribution in [-0.4, -0.2) is 12.6 Å². The van der Waals surface area contributed by atoms with Gasteiger partial charge in [-0.1, -0.05) is 33.1 Å². The quantitative estimate of drug-likeness (QED) is 0.640. The summed E-state index contributed by atoms with van der Waals surface area (Å²) < 4.78 is 0. The highest BCUT2D eigenvalue weighted by atomic mass is 15.0. The lowest BCUT2D eigenvalue weighted by Crippen LogP contribution is -2.34. The number of nitrogens with one attached hydrogen (secondary N) is 1. The Morgan fingerprint density at radius 1 is 1.46 bits per heavy atom. The molecule has 0 saturated heterocycles. The summed E-state index contributed by atoms with van der Waals surface area (Å²) in [6, 6.07) is 0. The van der Waals surface area contributed by atoms with Gasteiger partial charge in [-0.05, 0) is 31.9 Å². The van der Waals surface area contributed by atoms with Crippen molar-refractivity contribution in [2.75, 3.05) is 7.05 Å². The summed E-state index contributed by atoms with van der Waals surface area (Å²) in [5, 5.41) is 3.45. The van der Waals surface area contributed by atoms with Crippen LogP contribution in [-0.2, 0) is 0 Å². The molecule has 1 nitrogen and oxygen atoms in total. The van der Waals surface area contributed by atoms with Crippen molar-refractivity contribution in [2.24, 2.45) is 5.41 Å². The first-order valence-corrected chi connectivity index (χ1v) is 5.13. The van der Waals surface area contributed by atoms with Gasteiger partial charge in [0.15, 0.2) is 0 Å². The summed E-state index contributed by atoms with van der Waals surface area (Å²) in [5.74, 6) is 0. The fourth-order valence-electron chi connectivity index (χ4n) is 2.75. The van der Waals surface area contributed by atoms with Crippen LogP contribution in [0.15, 0.2) is 24.8 Å². The molecule has 0 aromatic carbocycles. The molecular weight excluding hydrogens is 158 g/mol. The number of hydrogen-bond acceptors (Lipinski definition) is 1. The second-order valence-electron chi connectivity index (χ2n) is 4.03. The average molecular weight is 179 g/mol. The average Bonchev–Trinajstić information content (AvgIpc) is 2.87. The Bertz CT molecular complexity index is 225. The Balaban J connectivity index is 2.89. The van der Waals surface area contributed by atoms with Crippen molar-refractivity contribution >= 4 is 0 Å². The van der Waals surface area contributed by atoms with E-state index in [1.165, 1.54) is 18.4 Å². The van der Waals surface area contributed by atoms with E-state index in [1.807, 2.05) is 6.08 Å². The van der Waals surface area contributed by atoms with Gasteiger partial charge in [-0.15, -0.1) is 0 Å². The van der Waals surface area contributed by atoms with Gasteiger partial charge in [-0.3, -0.25) is 0 Å². The molecule has 0 radical (unpaired) electrons. The second-order valence-corrected chi connectivity index (χ2v) is 4.03. The first kappa shape index (κ1) is 10.5. The van der Waals surface area contributed by atoms with E-state index in [1.54, 1.807) is 0 Å². The minimum atomic E-state index is 0.290. The van der Waals surface area contributed by atoms with E-state index in [-0.39, 0.29) is 5.41 Å². The van der Waals surface area contributed by atoms with Crippen LogP contribution in [0.4, 0.5) is 0 Å². The highest BCUT2D eigenvalue weighted by Gasteiger charge is 2.64. The van der Waals surface area contributed by atoms with Crippen LogP contribution in [0.2, 0.25) is 0 Å². The lowest BCUT2D eigenvalue weighted by atomic mass is 9.87. The SMILES string of the molecule is C=CC(=C)C1(CC)CC1(CC)NC. The van der Waals surface area contributed by atoms with Crippen molar-refractivity contribution in [3.8, 4) is 0 Å². The Kier molecular flexibility index (Phi) is 2.67. The third-order valence-electron chi connectivity index (χ3n) is 3.94. The maximum atomic E-state index is 4.11. The highest BCUT2D eigenvalue weighted by Crippen LogP contribution is 2.64. The van der Waals surface area contributed by atoms with E-state index in [4.69, 9.17) is 0 Å². The summed E-state index contributed by atoms with van der Waals surface area (Å²) in [4.78, 5) is 0. The van der Waals surface area contributed by atoms with Gasteiger partial charge in [0.1, 0.15) is 0 Å². The van der Waals surface area contributed by atoms with Crippen LogP contribution in [0, 0.1) is 5.41 Å². The molecule has 0 heterocycles. The van der Waals surface area contributed by atoms with Gasteiger partial charge in [0.05, 0.1) is 0 Å². The van der Waals surface area contributed by atoms with E-state index < -0.39 is 0 Å². The summed E-state index contributed by atoms with van der Waals surface area (Å²) >= 11 is 0. The largest absolute Gasteiger partial charge is 0.313 e. The smallest absolute Gasteiger partial charge is 0.0282 e. The maximum Gasteiger partial charge on any atom is 0.0282 e. The number of allylic oxidation sites excluding steroid dienone is 1. The van der Waals surface area contributed by atoms with E-state index in [0.29, 0.717) is 5.54 Å². The summed E-state index contributed by atoms with van der Waals surface area (Å²) in [7, 11) is 2.05. The summed E-state index contributed by atoms with van der Waals surface area (Å²) in [6.07, 6.45) is 5.46. The molecule has 2 atom stereocenters. The minimum absolute atomic E-state index is 0.290. The Morgan fingerprint density at radius 2 is 2.08 bits per heavy atom. The zero-order valence-corrected chi connectivity index (χ0v) is 9.11. The lowest BCUT2D eigenvalue weighted by molar-refractivity contribution is 0.404. The van der Waals surface area contributed by atoms with Crippen LogP contribution in [0.3, 0.4) is 0 Å². The first-order valence-electron chi connectivity index (χ1n) is 5.13. The van der Waals surface area contributed by atoms with Crippen molar-refractivity contribution in [1.82, 2.24) is 5.32 Å². The third kappa shape index (κ3) is 1.18. The van der Waals surface area contributed by atoms with Gasteiger partial charge in [-0.2, -0.15) is 0 Å². The molecule has 1 heteroatoms. The van der Waals surface area contributed by atoms with Crippen molar-refractivity contribution in [3.63, 3.8) is 0 Å². The molecule has 1 N–H and O–H groups in total. The number of hydrogen-bond donors (Lipinski definition) is 1. The zero-order valence-electron chi connectivity index (χ0n) is 9.11. The van der Waals surface area contributed by atoms with Crippen molar-refractivity contribution < 1.29 is 0 Å². The minimum Gasteiger partial charge on any atom is -0.313 e. The molecule has 1 aliphatic carbocycles. The lowest BCUT2D eigenvalue weighted by Gasteiger charge is -2.24. The van der Waals surface area contributed by atoms with E-state index in [0.717, 1.165) is 6.42 Å². The fraction of sp³-hybridized carbons (Fsp3) is 0.667. The third-order valence-corrected chi connectivity index (χ3v) is 3.94. The fourth-order valence-corrected chi connectivity index (χ4v) is 2.75. The van der Waals surface area contributed by atoms with Crippen molar-refractivity contribution in [2.45, 2.75) is 38.6 Å². The molecule has 13 heavy (non-hydrogen) atoms. The van der Waals surface area contributed by atoms with E-state index in [2.05, 4.69) is 39.4 Å². The second kappa shape index (κ2) is 3.30. The molecular formula is C12H21N. The Morgan fingerprint density at radius 3 is 2.31 bits per heavy atom. The topological polar surface area (TPSA) is 12.0 Å². The van der Waals surface area contributed by atoms with Gasteiger partial charge >= 0.3 is 0 Å². The molecule has 74 valence electrons. The molecule has 1 rings (SSSR count). The predicted octanol–water partition coefficient (Wildman–Crippen LogP) is 2.90. The Labute approximate surface area is 81.9 Å². The summed E-state index contributed by atoms with van der Waals surface area (Å²) in [5.41, 5.74) is 1.79. The van der Waals surface area contributed by atoms with Crippen LogP contribution in [0.25, 0.3) is 0 Å². The van der Waals surface area contributed by atoms with Gasteiger partial charge in [0, 0.05) is 11.0 Å². The van der Waals surface area contributed by atoms with E-state index in [9.17, 15) is 0 Å². The predicted molar refractivity (Wildman–Crippen MR) is 58.8 cm³/mol. The molecule has 1 aliphatic rings. The molecule has 1 fully saturated rings. The molecule has 0 bridgehead atoms. The zero-order chi connectivity index (χ0) is 10.1. The number of rotatable bonds is 5. The molecule has 1 saturated carbocycles. The van der Waals surface area contributed by atoms with Crippen LogP contribution < -0.4 is 5.32 Å². The van der Waals surface area contributed by atoms with Crippen LogP contribution in [0.5, 0.6) is 0 Å². The highest BCUT2D eigenvalue weighted by molar-refractivity contribution is 5.38. The van der Waals surface area contributed by atoms with Crippen LogP contribution >= 0.6 is 0 Å². The van der Waals surface area contributed by atoms with Gasteiger partial charge in [0.2, 0.25) is 0 Å². The first-order chi connectivity index (χ1) is 6.12. The van der Waals surface area contributed by atoms with Gasteiger partial charge in [-0.25, -0.2) is 0 Å². The van der Waals surface area contributed by atoms with Gasteiger partial charge < -0.3 is 5.32 Å². The maximum absolute atomic E-state index is 4.11. The van der Waals surface area contributed by atoms with Crippen molar-refractivity contribution in [1.29, 1.82) is 0 Å². The molecule has 0 aliphatic heterocycles. The normalized spacial score (nSPS) is 37.2. The van der Waals surface area contributed by atoms with E-state index >= 15 is 0 Å².